The van der Waals surface area contributed by atoms with Crippen LogP contribution in [0.2, 0.25) is 0 Å². The summed E-state index contributed by atoms with van der Waals surface area (Å²) in [7, 11) is 0. The minimum atomic E-state index is -4.44. The molecule has 1 aromatic heterocycles. The summed E-state index contributed by atoms with van der Waals surface area (Å²) in [6.45, 7) is -2.82. The molecule has 1 aromatic rings. The van der Waals surface area contributed by atoms with E-state index >= 15 is 0 Å². The first-order valence-corrected chi connectivity index (χ1v) is 6.54. The lowest BCUT2D eigenvalue weighted by Crippen LogP contribution is -2.46. The molecule has 118 valence electrons. The van der Waals surface area contributed by atoms with Gasteiger partial charge in [0.05, 0.1) is 11.3 Å². The highest BCUT2D eigenvalue weighted by molar-refractivity contribution is 5.17. The fraction of sp³-hybridized carbons (Fsp3) is 0.615. The lowest BCUT2D eigenvalue weighted by Gasteiger charge is -2.30. The molecule has 21 heavy (non-hydrogen) atoms. The minimum Gasteiger partial charge on any atom is -0.301 e. The quantitative estimate of drug-likeness (QED) is 0.665. The fourth-order valence-corrected chi connectivity index (χ4v) is 2.40. The summed E-state index contributed by atoms with van der Waals surface area (Å²) in [6, 6.07) is 2.14. The molecule has 1 N–H and O–H groups in total. The highest BCUT2D eigenvalue weighted by atomic mass is 19.4. The van der Waals surface area contributed by atoms with Crippen LogP contribution >= 0.6 is 0 Å². The van der Waals surface area contributed by atoms with Crippen LogP contribution in [-0.4, -0.2) is 17.3 Å². The Labute approximate surface area is 118 Å². The van der Waals surface area contributed by atoms with Crippen molar-refractivity contribution in [2.24, 2.45) is 0 Å². The number of alkyl halides is 5. The van der Waals surface area contributed by atoms with Gasteiger partial charge in [-0.25, -0.2) is 0 Å². The molecule has 0 aromatic carbocycles. The van der Waals surface area contributed by atoms with E-state index in [1.807, 2.05) is 0 Å². The summed E-state index contributed by atoms with van der Waals surface area (Å²) in [5.74, 6) is 0. The van der Waals surface area contributed by atoms with E-state index in [2.05, 4.69) is 15.0 Å². The zero-order chi connectivity index (χ0) is 15.5. The van der Waals surface area contributed by atoms with Crippen LogP contribution in [-0.2, 0) is 17.5 Å². The van der Waals surface area contributed by atoms with Crippen molar-refractivity contribution in [1.29, 1.82) is 0 Å². The number of hydrogen-bond acceptors (Lipinski definition) is 3. The number of pyridine rings is 1. The van der Waals surface area contributed by atoms with Crippen molar-refractivity contribution >= 4 is 0 Å². The summed E-state index contributed by atoms with van der Waals surface area (Å²) >= 11 is 0. The zero-order valence-corrected chi connectivity index (χ0v) is 11.1. The average molecular weight is 310 g/mol. The molecule has 1 heterocycles. The lowest BCUT2D eigenvalue weighted by molar-refractivity contribution is -0.219. The Morgan fingerprint density at radius 1 is 1.24 bits per heavy atom. The normalized spacial score (nSPS) is 18.4. The van der Waals surface area contributed by atoms with Crippen LogP contribution in [0.3, 0.4) is 0 Å². The molecular formula is C13H15F5N2O. The predicted molar refractivity (Wildman–Crippen MR) is 64.4 cm³/mol. The molecule has 1 fully saturated rings. The molecule has 1 saturated carbocycles. The monoisotopic (exact) mass is 310 g/mol. The van der Waals surface area contributed by atoms with E-state index in [9.17, 15) is 22.0 Å². The summed E-state index contributed by atoms with van der Waals surface area (Å²) in [5.41, 5.74) is -1.61. The van der Waals surface area contributed by atoms with Gasteiger partial charge in [-0.1, -0.05) is 0 Å². The van der Waals surface area contributed by atoms with Crippen LogP contribution in [0.1, 0.15) is 36.9 Å². The Morgan fingerprint density at radius 3 is 2.38 bits per heavy atom. The predicted octanol–water partition coefficient (Wildman–Crippen LogP) is 3.70. The summed E-state index contributed by atoms with van der Waals surface area (Å²) in [6.07, 6.45) is -1.30. The van der Waals surface area contributed by atoms with Crippen LogP contribution in [0.25, 0.3) is 0 Å². The van der Waals surface area contributed by atoms with E-state index in [0.717, 1.165) is 25.1 Å². The average Bonchev–Trinajstić information content (AvgIpc) is 2.84. The maximum absolute atomic E-state index is 12.4. The molecule has 8 heteroatoms. The molecule has 0 spiro atoms. The maximum Gasteiger partial charge on any atom is 0.417 e. The molecule has 0 aliphatic heterocycles. The van der Waals surface area contributed by atoms with Crippen molar-refractivity contribution in [3.05, 3.63) is 29.6 Å². The fourth-order valence-electron chi connectivity index (χ4n) is 2.40. The van der Waals surface area contributed by atoms with Gasteiger partial charge in [0.1, 0.15) is 5.72 Å². The standard InChI is InChI=1S/C13H15F5N2O/c14-11(15)21-12(5-1-2-6-12)20-8-10-4-3-9(7-19-10)13(16,17)18/h3-4,7,11,20H,1-2,5-6,8H2. The summed E-state index contributed by atoms with van der Waals surface area (Å²) in [5, 5.41) is 2.85. The smallest absolute Gasteiger partial charge is 0.301 e. The van der Waals surface area contributed by atoms with E-state index in [1.54, 1.807) is 0 Å². The van der Waals surface area contributed by atoms with Crippen LogP contribution in [0.4, 0.5) is 22.0 Å². The van der Waals surface area contributed by atoms with Gasteiger partial charge in [0.15, 0.2) is 0 Å². The van der Waals surface area contributed by atoms with Crippen LogP contribution in [0.15, 0.2) is 18.3 Å². The third kappa shape index (κ3) is 4.34. The number of aromatic nitrogens is 1. The van der Waals surface area contributed by atoms with Gasteiger partial charge >= 0.3 is 12.8 Å². The van der Waals surface area contributed by atoms with E-state index in [-0.39, 0.29) is 6.54 Å². The second-order valence-corrected chi connectivity index (χ2v) is 4.97. The Bertz CT molecular complexity index is 455. The van der Waals surface area contributed by atoms with Crippen LogP contribution < -0.4 is 5.32 Å². The Balaban J connectivity index is 1.98. The van der Waals surface area contributed by atoms with Gasteiger partial charge in [-0.2, -0.15) is 22.0 Å². The van der Waals surface area contributed by atoms with Gasteiger partial charge in [-0.05, 0) is 37.8 Å². The van der Waals surface area contributed by atoms with E-state index in [0.29, 0.717) is 18.5 Å². The lowest BCUT2D eigenvalue weighted by atomic mass is 10.1. The third-order valence-corrected chi connectivity index (χ3v) is 3.47. The van der Waals surface area contributed by atoms with Crippen molar-refractivity contribution in [2.75, 3.05) is 0 Å². The second-order valence-electron chi connectivity index (χ2n) is 4.97. The molecule has 2 rings (SSSR count). The molecule has 0 radical (unpaired) electrons. The van der Waals surface area contributed by atoms with Crippen molar-refractivity contribution in [3.63, 3.8) is 0 Å². The van der Waals surface area contributed by atoms with Gasteiger partial charge in [0.2, 0.25) is 0 Å². The summed E-state index contributed by atoms with van der Waals surface area (Å²) < 4.78 is 66.7. The number of rotatable bonds is 5. The molecule has 0 amide bonds. The van der Waals surface area contributed by atoms with Gasteiger partial charge in [0.25, 0.3) is 0 Å². The first-order chi connectivity index (χ1) is 9.81. The van der Waals surface area contributed by atoms with E-state index in [4.69, 9.17) is 0 Å². The molecule has 3 nitrogen and oxygen atoms in total. The Kier molecular flexibility index (Phi) is 4.77. The molecule has 0 unspecified atom stereocenters. The molecule has 1 aliphatic carbocycles. The highest BCUT2D eigenvalue weighted by Crippen LogP contribution is 2.33. The first-order valence-electron chi connectivity index (χ1n) is 6.54. The van der Waals surface area contributed by atoms with Gasteiger partial charge < -0.3 is 4.74 Å². The molecule has 1 aliphatic rings. The van der Waals surface area contributed by atoms with Crippen molar-refractivity contribution in [1.82, 2.24) is 10.3 Å². The topological polar surface area (TPSA) is 34.1 Å². The van der Waals surface area contributed by atoms with E-state index < -0.39 is 24.1 Å². The number of halogens is 5. The number of hydrogen-bond donors (Lipinski definition) is 1. The van der Waals surface area contributed by atoms with Crippen LogP contribution in [0, 0.1) is 0 Å². The highest BCUT2D eigenvalue weighted by Gasteiger charge is 2.37. The van der Waals surface area contributed by atoms with Gasteiger partial charge in [-0.3, -0.25) is 10.3 Å². The number of nitrogens with zero attached hydrogens (tertiary/aromatic N) is 1. The zero-order valence-electron chi connectivity index (χ0n) is 11.1. The minimum absolute atomic E-state index is 0.0743. The molecule has 0 atom stereocenters. The Morgan fingerprint density at radius 2 is 1.90 bits per heavy atom. The largest absolute Gasteiger partial charge is 0.417 e. The van der Waals surface area contributed by atoms with E-state index in [1.165, 1.54) is 6.07 Å². The third-order valence-electron chi connectivity index (χ3n) is 3.47. The van der Waals surface area contributed by atoms with Gasteiger partial charge in [-0.15, -0.1) is 0 Å². The van der Waals surface area contributed by atoms with Crippen LogP contribution in [0.5, 0.6) is 0 Å². The van der Waals surface area contributed by atoms with Gasteiger partial charge in [0, 0.05) is 12.7 Å². The first kappa shape index (κ1) is 16.1. The summed E-state index contributed by atoms with van der Waals surface area (Å²) in [4.78, 5) is 3.69. The molecule has 0 saturated heterocycles. The number of nitrogens with one attached hydrogen (secondary N) is 1. The Hall–Kier alpha value is -1.28. The maximum atomic E-state index is 12.4. The molecular weight excluding hydrogens is 295 g/mol. The van der Waals surface area contributed by atoms with Crippen molar-refractivity contribution in [2.45, 2.75) is 50.7 Å². The molecule has 0 bridgehead atoms. The SMILES string of the molecule is FC(F)OC1(NCc2ccc(C(F)(F)F)cn2)CCCC1. The van der Waals surface area contributed by atoms with Crippen molar-refractivity contribution < 1.29 is 26.7 Å². The second kappa shape index (κ2) is 6.23. The van der Waals surface area contributed by atoms with Crippen molar-refractivity contribution in [3.8, 4) is 0 Å². The number of ether oxygens (including phenoxy) is 1.